The Balaban J connectivity index is 1.48. The van der Waals surface area contributed by atoms with Crippen LogP contribution in [-0.2, 0) is 23.1 Å². The third kappa shape index (κ3) is 4.13. The summed E-state index contributed by atoms with van der Waals surface area (Å²) in [5.41, 5.74) is 8.11. The van der Waals surface area contributed by atoms with Gasteiger partial charge in [-0.2, -0.15) is 0 Å². The van der Waals surface area contributed by atoms with Crippen LogP contribution in [0.5, 0.6) is 0 Å². The number of rotatable bonds is 5. The lowest BCUT2D eigenvalue weighted by Crippen LogP contribution is -2.52. The number of aromatic amines is 1. The van der Waals surface area contributed by atoms with Gasteiger partial charge in [0.1, 0.15) is 6.04 Å². The van der Waals surface area contributed by atoms with Gasteiger partial charge in [0, 0.05) is 54.6 Å². The third-order valence-electron chi connectivity index (χ3n) is 5.23. The standard InChI is InChI=1S/C23H23N5O3/c1-14(29)25-20(11-15-12-24-19-9-5-3-7-16(15)19)23(31)27-26-22(30)18-13-28(2)21-10-6-4-8-17(18)21/h3-10,12-13,20,24H,11H2,1-2H3,(H,25,29)(H,26,30)(H,27,31)/t20-/m0/s1. The van der Waals surface area contributed by atoms with E-state index in [9.17, 15) is 14.4 Å². The number of H-pyrrole nitrogens is 1. The van der Waals surface area contributed by atoms with Gasteiger partial charge in [-0.1, -0.05) is 36.4 Å². The van der Waals surface area contributed by atoms with Gasteiger partial charge in [-0.25, -0.2) is 0 Å². The Morgan fingerprint density at radius 3 is 2.48 bits per heavy atom. The number of amides is 3. The van der Waals surface area contributed by atoms with E-state index in [1.165, 1.54) is 6.92 Å². The van der Waals surface area contributed by atoms with Crippen LogP contribution in [0.4, 0.5) is 0 Å². The van der Waals surface area contributed by atoms with Gasteiger partial charge in [0.05, 0.1) is 5.56 Å². The van der Waals surface area contributed by atoms with Crippen LogP contribution in [-0.4, -0.2) is 33.3 Å². The van der Waals surface area contributed by atoms with Crippen molar-refractivity contribution in [1.29, 1.82) is 0 Å². The van der Waals surface area contributed by atoms with Crippen molar-refractivity contribution in [3.63, 3.8) is 0 Å². The number of nitrogens with one attached hydrogen (secondary N) is 4. The van der Waals surface area contributed by atoms with Crippen LogP contribution in [0.15, 0.2) is 60.9 Å². The molecule has 158 valence electrons. The molecule has 3 amide bonds. The van der Waals surface area contributed by atoms with Crippen molar-refractivity contribution < 1.29 is 14.4 Å². The van der Waals surface area contributed by atoms with E-state index in [0.29, 0.717) is 5.56 Å². The zero-order valence-electron chi connectivity index (χ0n) is 17.2. The van der Waals surface area contributed by atoms with E-state index in [1.807, 2.05) is 66.3 Å². The molecule has 4 N–H and O–H groups in total. The van der Waals surface area contributed by atoms with Crippen molar-refractivity contribution in [3.8, 4) is 0 Å². The number of fused-ring (bicyclic) bond motifs is 2. The average Bonchev–Trinajstić information content (AvgIpc) is 3.32. The first-order valence-electron chi connectivity index (χ1n) is 9.90. The molecule has 0 unspecified atom stereocenters. The van der Waals surface area contributed by atoms with Crippen LogP contribution in [0.2, 0.25) is 0 Å². The zero-order chi connectivity index (χ0) is 22.0. The molecule has 4 rings (SSSR count). The minimum Gasteiger partial charge on any atom is -0.361 e. The summed E-state index contributed by atoms with van der Waals surface area (Å²) in [6.45, 7) is 1.35. The summed E-state index contributed by atoms with van der Waals surface area (Å²) in [6.07, 6.45) is 3.81. The normalized spacial score (nSPS) is 11.9. The van der Waals surface area contributed by atoms with Crippen molar-refractivity contribution in [3.05, 3.63) is 72.1 Å². The molecule has 31 heavy (non-hydrogen) atoms. The summed E-state index contributed by atoms with van der Waals surface area (Å²) in [7, 11) is 1.85. The highest BCUT2D eigenvalue weighted by atomic mass is 16.2. The summed E-state index contributed by atoms with van der Waals surface area (Å²) >= 11 is 0. The lowest BCUT2D eigenvalue weighted by Gasteiger charge is -2.17. The number of hydrogen-bond donors (Lipinski definition) is 4. The second-order valence-electron chi connectivity index (χ2n) is 7.43. The first-order chi connectivity index (χ1) is 14.9. The van der Waals surface area contributed by atoms with Gasteiger partial charge >= 0.3 is 0 Å². The Labute approximate surface area is 178 Å². The molecule has 0 spiro atoms. The molecule has 8 heteroatoms. The molecule has 0 aliphatic heterocycles. The van der Waals surface area contributed by atoms with Gasteiger partial charge < -0.3 is 14.9 Å². The van der Waals surface area contributed by atoms with Crippen molar-refractivity contribution in [2.24, 2.45) is 7.05 Å². The fraction of sp³-hybridized carbons (Fsp3) is 0.174. The number of aryl methyl sites for hydroxylation is 1. The van der Waals surface area contributed by atoms with E-state index in [0.717, 1.165) is 27.4 Å². The van der Waals surface area contributed by atoms with Crippen LogP contribution in [0.25, 0.3) is 21.8 Å². The molecule has 2 aromatic carbocycles. The Bertz CT molecular complexity index is 1290. The first kappa shape index (κ1) is 20.2. The van der Waals surface area contributed by atoms with Gasteiger partial charge in [-0.05, 0) is 17.7 Å². The quantitative estimate of drug-likeness (QED) is 0.374. The minimum atomic E-state index is -0.843. The molecular formula is C23H23N5O3. The first-order valence-corrected chi connectivity index (χ1v) is 9.90. The van der Waals surface area contributed by atoms with Crippen LogP contribution in [0.3, 0.4) is 0 Å². The highest BCUT2D eigenvalue weighted by molar-refractivity contribution is 6.07. The van der Waals surface area contributed by atoms with Crippen molar-refractivity contribution in [2.45, 2.75) is 19.4 Å². The van der Waals surface area contributed by atoms with E-state index < -0.39 is 17.9 Å². The van der Waals surface area contributed by atoms with Gasteiger partial charge in [-0.3, -0.25) is 25.2 Å². The topological polar surface area (TPSA) is 108 Å². The van der Waals surface area contributed by atoms with Gasteiger partial charge in [0.2, 0.25) is 5.91 Å². The summed E-state index contributed by atoms with van der Waals surface area (Å²) in [5, 5.41) is 4.42. The number of benzene rings is 2. The molecule has 2 heterocycles. The Morgan fingerprint density at radius 2 is 1.71 bits per heavy atom. The zero-order valence-corrected chi connectivity index (χ0v) is 17.2. The molecule has 4 aromatic rings. The Kier molecular flexibility index (Phi) is 5.44. The average molecular weight is 417 g/mol. The molecule has 0 saturated heterocycles. The second kappa shape index (κ2) is 8.35. The molecule has 1 atom stereocenters. The lowest BCUT2D eigenvalue weighted by atomic mass is 10.0. The number of aromatic nitrogens is 2. The Morgan fingerprint density at radius 1 is 1.00 bits per heavy atom. The van der Waals surface area contributed by atoms with E-state index in [2.05, 4.69) is 21.2 Å². The molecule has 0 aliphatic rings. The minimum absolute atomic E-state index is 0.277. The molecule has 0 aliphatic carbocycles. The Hall–Kier alpha value is -4.07. The van der Waals surface area contributed by atoms with Crippen LogP contribution in [0, 0.1) is 0 Å². The van der Waals surface area contributed by atoms with Gasteiger partial charge in [0.15, 0.2) is 0 Å². The van der Waals surface area contributed by atoms with E-state index in [1.54, 1.807) is 6.20 Å². The van der Waals surface area contributed by atoms with Crippen LogP contribution < -0.4 is 16.2 Å². The summed E-state index contributed by atoms with van der Waals surface area (Å²) < 4.78 is 1.85. The number of hydrogen-bond acceptors (Lipinski definition) is 3. The fourth-order valence-electron chi connectivity index (χ4n) is 3.77. The van der Waals surface area contributed by atoms with E-state index >= 15 is 0 Å². The predicted octanol–water partition coefficient (Wildman–Crippen LogP) is 2.17. The summed E-state index contributed by atoms with van der Waals surface area (Å²) in [4.78, 5) is 40.3. The predicted molar refractivity (Wildman–Crippen MR) is 118 cm³/mol. The van der Waals surface area contributed by atoms with E-state index in [4.69, 9.17) is 0 Å². The molecule has 0 bridgehead atoms. The highest BCUT2D eigenvalue weighted by Gasteiger charge is 2.23. The molecule has 0 fully saturated rings. The number of nitrogens with zero attached hydrogens (tertiary/aromatic N) is 1. The smallest absolute Gasteiger partial charge is 0.271 e. The van der Waals surface area contributed by atoms with E-state index in [-0.39, 0.29) is 12.3 Å². The third-order valence-corrected chi connectivity index (χ3v) is 5.23. The van der Waals surface area contributed by atoms with Gasteiger partial charge in [-0.15, -0.1) is 0 Å². The number of para-hydroxylation sites is 2. The largest absolute Gasteiger partial charge is 0.361 e. The van der Waals surface area contributed by atoms with Gasteiger partial charge in [0.25, 0.3) is 11.8 Å². The summed E-state index contributed by atoms with van der Waals surface area (Å²) in [6, 6.07) is 14.4. The maximum Gasteiger partial charge on any atom is 0.271 e. The maximum absolute atomic E-state index is 12.8. The fourth-order valence-corrected chi connectivity index (χ4v) is 3.77. The van der Waals surface area contributed by atoms with Crippen LogP contribution in [0.1, 0.15) is 22.8 Å². The number of carbonyl (C=O) groups excluding carboxylic acids is 3. The second-order valence-corrected chi connectivity index (χ2v) is 7.43. The summed E-state index contributed by atoms with van der Waals surface area (Å²) in [5.74, 6) is -1.27. The SMILES string of the molecule is CC(=O)N[C@@H](Cc1c[nH]c2ccccc12)C(=O)NNC(=O)c1cn(C)c2ccccc12. The number of hydrazine groups is 1. The molecule has 8 nitrogen and oxygen atoms in total. The lowest BCUT2D eigenvalue weighted by molar-refractivity contribution is -0.128. The van der Waals surface area contributed by atoms with Crippen molar-refractivity contribution in [2.75, 3.05) is 0 Å². The molecule has 0 radical (unpaired) electrons. The molecule has 2 aromatic heterocycles. The van der Waals surface area contributed by atoms with Crippen molar-refractivity contribution in [1.82, 2.24) is 25.7 Å². The van der Waals surface area contributed by atoms with Crippen molar-refractivity contribution >= 4 is 39.5 Å². The maximum atomic E-state index is 12.8. The monoisotopic (exact) mass is 417 g/mol. The molecule has 0 saturated carbocycles. The van der Waals surface area contributed by atoms with Crippen LogP contribution >= 0.6 is 0 Å². The molecular weight excluding hydrogens is 394 g/mol. The number of carbonyl (C=O) groups is 3. The highest BCUT2D eigenvalue weighted by Crippen LogP contribution is 2.20.